The number of carbonyl (C=O) groups is 1. The highest BCUT2D eigenvalue weighted by molar-refractivity contribution is 5.92. The lowest BCUT2D eigenvalue weighted by Crippen LogP contribution is -2.23. The van der Waals surface area contributed by atoms with Crippen molar-refractivity contribution in [2.45, 2.75) is 12.6 Å². The molecule has 1 atom stereocenters. The van der Waals surface area contributed by atoms with Gasteiger partial charge in [-0.15, -0.1) is 6.42 Å². The Bertz CT molecular complexity index is 1000. The minimum Gasteiger partial charge on any atom is -0.364 e. The smallest absolute Gasteiger partial charge is 0.269 e. The first-order chi connectivity index (χ1) is 12.2. The van der Waals surface area contributed by atoms with Crippen LogP contribution in [0, 0.1) is 12.3 Å². The normalized spacial score (nSPS) is 15.6. The lowest BCUT2D eigenvalue weighted by atomic mass is 9.99. The van der Waals surface area contributed by atoms with Crippen molar-refractivity contribution in [1.82, 2.24) is 19.9 Å². The number of hydrogen-bond acceptors (Lipinski definition) is 4. The Kier molecular flexibility index (Phi) is 3.56. The molecule has 0 saturated carbocycles. The largest absolute Gasteiger partial charge is 0.364 e. The van der Waals surface area contributed by atoms with Gasteiger partial charge in [0, 0.05) is 23.9 Å². The van der Waals surface area contributed by atoms with Crippen LogP contribution in [0.3, 0.4) is 0 Å². The second kappa shape index (κ2) is 5.89. The number of hydrogen-bond donors (Lipinski definition) is 2. The first-order valence-electron chi connectivity index (χ1n) is 7.80. The van der Waals surface area contributed by atoms with Gasteiger partial charge in [-0.05, 0) is 30.3 Å². The van der Waals surface area contributed by atoms with E-state index in [2.05, 4.69) is 21.2 Å². The number of benzene rings is 1. The number of imidazole rings is 1. The van der Waals surface area contributed by atoms with Gasteiger partial charge >= 0.3 is 0 Å². The maximum atomic E-state index is 11.7. The Balaban J connectivity index is 1.95. The molecule has 1 aliphatic heterocycles. The van der Waals surface area contributed by atoms with Crippen LogP contribution in [0.4, 0.5) is 0 Å². The quantitative estimate of drug-likeness (QED) is 0.698. The number of rotatable bonds is 2. The standard InChI is InChI=1S/C19H15N5O/c1-2-12-6-7-15-13(9-12)17(14-5-3-4-8-21-14)22-10-16-18(19(20)25)23-11-24(15)16/h1,3-9,11,17,22H,10H2,(H2,20,25). The molecule has 1 amide bonds. The van der Waals surface area contributed by atoms with E-state index >= 15 is 0 Å². The molecule has 25 heavy (non-hydrogen) atoms. The molecule has 0 saturated heterocycles. The SMILES string of the molecule is C#Cc1ccc2c(c1)C(c1ccccn1)NCc1c(C(N)=O)ncn1-2. The fraction of sp³-hybridized carbons (Fsp3) is 0.105. The molecular formula is C19H15N5O. The number of fused-ring (bicyclic) bond motifs is 3. The molecule has 4 rings (SSSR count). The summed E-state index contributed by atoms with van der Waals surface area (Å²) in [5.41, 5.74) is 9.97. The van der Waals surface area contributed by atoms with Crippen molar-refractivity contribution in [2.75, 3.05) is 0 Å². The van der Waals surface area contributed by atoms with E-state index in [0.717, 1.165) is 28.2 Å². The molecule has 0 fully saturated rings. The summed E-state index contributed by atoms with van der Waals surface area (Å²) in [5, 5.41) is 3.44. The van der Waals surface area contributed by atoms with E-state index < -0.39 is 5.91 Å². The molecule has 0 bridgehead atoms. The number of primary amides is 1. The van der Waals surface area contributed by atoms with E-state index in [0.29, 0.717) is 6.54 Å². The Morgan fingerprint density at radius 2 is 2.20 bits per heavy atom. The molecule has 6 heteroatoms. The van der Waals surface area contributed by atoms with Gasteiger partial charge in [0.25, 0.3) is 5.91 Å². The predicted octanol–water partition coefficient (Wildman–Crippen LogP) is 1.54. The zero-order chi connectivity index (χ0) is 17.4. The highest BCUT2D eigenvalue weighted by Gasteiger charge is 2.27. The average molecular weight is 329 g/mol. The van der Waals surface area contributed by atoms with E-state index in [1.165, 1.54) is 0 Å². The number of terminal acetylenes is 1. The third-order valence-corrected chi connectivity index (χ3v) is 4.32. The van der Waals surface area contributed by atoms with E-state index in [4.69, 9.17) is 12.2 Å². The van der Waals surface area contributed by atoms with Crippen LogP contribution < -0.4 is 11.1 Å². The van der Waals surface area contributed by atoms with Gasteiger partial charge in [-0.25, -0.2) is 4.98 Å². The zero-order valence-electron chi connectivity index (χ0n) is 13.3. The molecule has 1 unspecified atom stereocenters. The molecule has 3 heterocycles. The van der Waals surface area contributed by atoms with Crippen LogP contribution in [0.25, 0.3) is 5.69 Å². The van der Waals surface area contributed by atoms with Crippen LogP contribution >= 0.6 is 0 Å². The van der Waals surface area contributed by atoms with E-state index in [9.17, 15) is 4.79 Å². The van der Waals surface area contributed by atoms with E-state index in [1.807, 2.05) is 41.0 Å². The monoisotopic (exact) mass is 329 g/mol. The Labute approximate surface area is 144 Å². The molecule has 1 aromatic carbocycles. The Morgan fingerprint density at radius 1 is 1.32 bits per heavy atom. The number of nitrogens with one attached hydrogen (secondary N) is 1. The Morgan fingerprint density at radius 3 is 2.92 bits per heavy atom. The van der Waals surface area contributed by atoms with Crippen molar-refractivity contribution >= 4 is 5.91 Å². The second-order valence-corrected chi connectivity index (χ2v) is 5.76. The van der Waals surface area contributed by atoms with Crippen LogP contribution in [-0.4, -0.2) is 20.4 Å². The summed E-state index contributed by atoms with van der Waals surface area (Å²) in [4.78, 5) is 20.3. The highest BCUT2D eigenvalue weighted by Crippen LogP contribution is 2.32. The molecule has 0 radical (unpaired) electrons. The molecule has 3 aromatic rings. The minimum atomic E-state index is -0.548. The van der Waals surface area contributed by atoms with Gasteiger partial charge in [-0.1, -0.05) is 12.0 Å². The number of pyridine rings is 1. The number of aromatic nitrogens is 3. The van der Waals surface area contributed by atoms with Crippen LogP contribution in [0.1, 0.15) is 39.0 Å². The van der Waals surface area contributed by atoms with Gasteiger partial charge in [0.2, 0.25) is 0 Å². The molecule has 0 aliphatic carbocycles. The van der Waals surface area contributed by atoms with Gasteiger partial charge in [0.15, 0.2) is 5.69 Å². The van der Waals surface area contributed by atoms with Crippen molar-refractivity contribution < 1.29 is 4.79 Å². The van der Waals surface area contributed by atoms with Crippen molar-refractivity contribution in [3.8, 4) is 18.0 Å². The maximum absolute atomic E-state index is 11.7. The summed E-state index contributed by atoms with van der Waals surface area (Å²) < 4.78 is 1.88. The first-order valence-corrected chi connectivity index (χ1v) is 7.80. The maximum Gasteiger partial charge on any atom is 0.269 e. The summed E-state index contributed by atoms with van der Waals surface area (Å²) in [6.07, 6.45) is 8.95. The summed E-state index contributed by atoms with van der Waals surface area (Å²) in [7, 11) is 0. The Hall–Kier alpha value is -3.43. The third kappa shape index (κ3) is 2.47. The van der Waals surface area contributed by atoms with Crippen LogP contribution in [0.2, 0.25) is 0 Å². The number of nitrogens with zero attached hydrogens (tertiary/aromatic N) is 3. The minimum absolute atomic E-state index is 0.162. The highest BCUT2D eigenvalue weighted by atomic mass is 16.1. The summed E-state index contributed by atoms with van der Waals surface area (Å²) in [6, 6.07) is 11.4. The first kappa shape index (κ1) is 15.1. The van der Waals surface area contributed by atoms with Crippen LogP contribution in [0.15, 0.2) is 48.9 Å². The van der Waals surface area contributed by atoms with Gasteiger partial charge in [-0.2, -0.15) is 0 Å². The molecule has 1 aliphatic rings. The summed E-state index contributed by atoms with van der Waals surface area (Å²) in [6.45, 7) is 0.430. The fourth-order valence-electron chi connectivity index (χ4n) is 3.17. The van der Waals surface area contributed by atoms with Crippen LogP contribution in [-0.2, 0) is 6.54 Å². The van der Waals surface area contributed by atoms with Gasteiger partial charge in [0.05, 0.1) is 23.1 Å². The number of amides is 1. The number of nitrogens with two attached hydrogens (primary N) is 1. The summed E-state index contributed by atoms with van der Waals surface area (Å²) in [5.74, 6) is 2.12. The van der Waals surface area contributed by atoms with Gasteiger partial charge in [-0.3, -0.25) is 15.1 Å². The lowest BCUT2D eigenvalue weighted by molar-refractivity contribution is 0.0995. The van der Waals surface area contributed by atoms with Crippen molar-refractivity contribution in [3.63, 3.8) is 0 Å². The number of carbonyl (C=O) groups excluding carboxylic acids is 1. The molecule has 2 aromatic heterocycles. The molecule has 122 valence electrons. The zero-order valence-corrected chi connectivity index (χ0v) is 13.3. The average Bonchev–Trinajstić information content (AvgIpc) is 3.00. The molecule has 6 nitrogen and oxygen atoms in total. The topological polar surface area (TPSA) is 85.8 Å². The van der Waals surface area contributed by atoms with Gasteiger partial charge in [0.1, 0.15) is 6.33 Å². The fourth-order valence-corrected chi connectivity index (χ4v) is 3.17. The van der Waals surface area contributed by atoms with E-state index in [1.54, 1.807) is 12.5 Å². The molecule has 0 spiro atoms. The lowest BCUT2D eigenvalue weighted by Gasteiger charge is -2.18. The van der Waals surface area contributed by atoms with Crippen molar-refractivity contribution in [2.24, 2.45) is 5.73 Å². The van der Waals surface area contributed by atoms with Crippen LogP contribution in [0.5, 0.6) is 0 Å². The predicted molar refractivity (Wildman–Crippen MR) is 92.9 cm³/mol. The second-order valence-electron chi connectivity index (χ2n) is 5.76. The van der Waals surface area contributed by atoms with Crippen molar-refractivity contribution in [3.05, 3.63) is 77.1 Å². The van der Waals surface area contributed by atoms with E-state index in [-0.39, 0.29) is 11.7 Å². The molecular weight excluding hydrogens is 314 g/mol. The van der Waals surface area contributed by atoms with Gasteiger partial charge < -0.3 is 10.3 Å². The third-order valence-electron chi connectivity index (χ3n) is 4.32. The summed E-state index contributed by atoms with van der Waals surface area (Å²) >= 11 is 0. The molecule has 3 N–H and O–H groups in total. The van der Waals surface area contributed by atoms with Crippen molar-refractivity contribution in [1.29, 1.82) is 0 Å².